The molecule has 1 aliphatic heterocycles. The van der Waals surface area contributed by atoms with Crippen LogP contribution in [0.5, 0.6) is 5.75 Å². The Morgan fingerprint density at radius 3 is 2.36 bits per heavy atom. The molecule has 0 radical (unpaired) electrons. The molecule has 0 aliphatic carbocycles. The predicted molar refractivity (Wildman–Crippen MR) is 147 cm³/mol. The van der Waals surface area contributed by atoms with Crippen LogP contribution in [-0.2, 0) is 24.8 Å². The van der Waals surface area contributed by atoms with Crippen LogP contribution in [0, 0.1) is 17.0 Å². The van der Waals surface area contributed by atoms with Crippen LogP contribution in [0.15, 0.2) is 47.4 Å². The van der Waals surface area contributed by atoms with Crippen LogP contribution in [0.4, 0.5) is 11.4 Å². The maximum atomic E-state index is 12.7. The lowest BCUT2D eigenvalue weighted by molar-refractivity contribution is -0.384. The molecule has 2 aromatic carbocycles. The number of nitrogens with zero attached hydrogens (tertiary/aromatic N) is 3. The van der Waals surface area contributed by atoms with Crippen molar-refractivity contribution in [3.8, 4) is 5.75 Å². The third-order valence-electron chi connectivity index (χ3n) is 6.31. The van der Waals surface area contributed by atoms with Gasteiger partial charge in [0.05, 0.1) is 28.3 Å². The van der Waals surface area contributed by atoms with E-state index in [1.807, 2.05) is 0 Å². The van der Waals surface area contributed by atoms with E-state index >= 15 is 0 Å². The molecule has 1 aliphatic rings. The van der Waals surface area contributed by atoms with Crippen molar-refractivity contribution >= 4 is 37.3 Å². The van der Waals surface area contributed by atoms with Gasteiger partial charge in [-0.15, -0.1) is 0 Å². The van der Waals surface area contributed by atoms with Gasteiger partial charge >= 0.3 is 0 Å². The number of nitro groups is 1. The number of carbonyl (C=O) groups is 1. The van der Waals surface area contributed by atoms with Crippen molar-refractivity contribution < 1.29 is 31.3 Å². The minimum absolute atomic E-state index is 0.0164. The number of amides is 1. The number of nitro benzene ring substituents is 1. The molecule has 1 N–H and O–H groups in total. The molecule has 39 heavy (non-hydrogen) atoms. The molecule has 3 rings (SSSR count). The molecule has 14 heteroatoms. The molecular weight excluding hydrogens is 548 g/mol. The van der Waals surface area contributed by atoms with Gasteiger partial charge in [-0.2, -0.15) is 4.31 Å². The number of hydrogen-bond acceptors (Lipinski definition) is 8. The second-order valence-electron chi connectivity index (χ2n) is 9.30. The van der Waals surface area contributed by atoms with Gasteiger partial charge in [-0.05, 0) is 56.0 Å². The number of aryl methyl sites for hydroxylation is 1. The molecule has 214 valence electrons. The van der Waals surface area contributed by atoms with Gasteiger partial charge < -0.3 is 10.1 Å². The molecule has 0 unspecified atom stereocenters. The molecule has 0 aromatic heterocycles. The predicted octanol–water partition coefficient (Wildman–Crippen LogP) is 2.82. The van der Waals surface area contributed by atoms with Crippen molar-refractivity contribution in [2.75, 3.05) is 43.3 Å². The minimum Gasteiger partial charge on any atom is -0.492 e. The van der Waals surface area contributed by atoms with E-state index in [9.17, 15) is 31.7 Å². The summed E-state index contributed by atoms with van der Waals surface area (Å²) in [7, 11) is -7.25. The van der Waals surface area contributed by atoms with Crippen molar-refractivity contribution in [2.24, 2.45) is 0 Å². The van der Waals surface area contributed by atoms with E-state index in [4.69, 9.17) is 4.74 Å². The Morgan fingerprint density at radius 1 is 1.08 bits per heavy atom. The summed E-state index contributed by atoms with van der Waals surface area (Å²) < 4.78 is 58.3. The van der Waals surface area contributed by atoms with Gasteiger partial charge in [-0.25, -0.2) is 16.8 Å². The van der Waals surface area contributed by atoms with Crippen LogP contribution in [0.1, 0.15) is 37.7 Å². The summed E-state index contributed by atoms with van der Waals surface area (Å²) in [6.45, 7) is 3.06. The number of anilines is 1. The van der Waals surface area contributed by atoms with Gasteiger partial charge in [0.2, 0.25) is 26.0 Å². The summed E-state index contributed by atoms with van der Waals surface area (Å²) in [6.07, 6.45) is 4.02. The summed E-state index contributed by atoms with van der Waals surface area (Å²) >= 11 is 0. The summed E-state index contributed by atoms with van der Waals surface area (Å²) in [5, 5.41) is 13.8. The normalized spacial score (nSPS) is 14.5. The lowest BCUT2D eigenvalue weighted by atomic mass is 10.1. The first-order chi connectivity index (χ1) is 18.4. The number of rotatable bonds is 13. The maximum Gasteiger partial charge on any atom is 0.271 e. The molecule has 1 fully saturated rings. The Morgan fingerprint density at radius 2 is 1.74 bits per heavy atom. The largest absolute Gasteiger partial charge is 0.492 e. The zero-order valence-corrected chi connectivity index (χ0v) is 23.7. The topological polar surface area (TPSA) is 156 Å². The maximum absolute atomic E-state index is 12.7. The highest BCUT2D eigenvalue weighted by Crippen LogP contribution is 2.28. The highest BCUT2D eigenvalue weighted by Gasteiger charge is 2.26. The van der Waals surface area contributed by atoms with E-state index in [2.05, 4.69) is 5.32 Å². The van der Waals surface area contributed by atoms with E-state index in [0.717, 1.165) is 29.8 Å². The number of hydrogen-bond donors (Lipinski definition) is 1. The monoisotopic (exact) mass is 582 g/mol. The lowest BCUT2D eigenvalue weighted by Gasteiger charge is -2.25. The van der Waals surface area contributed by atoms with Gasteiger partial charge in [-0.3, -0.25) is 19.2 Å². The second-order valence-corrected chi connectivity index (χ2v) is 13.1. The zero-order chi connectivity index (χ0) is 28.6. The Kier molecular flexibility index (Phi) is 10.3. The van der Waals surface area contributed by atoms with E-state index in [1.54, 1.807) is 19.1 Å². The molecule has 2 aromatic rings. The van der Waals surface area contributed by atoms with E-state index in [1.165, 1.54) is 34.6 Å². The molecule has 0 bridgehead atoms. The van der Waals surface area contributed by atoms with Crippen molar-refractivity contribution in [1.82, 2.24) is 9.62 Å². The Balaban J connectivity index is 1.44. The number of nitrogens with one attached hydrogen (secondary N) is 1. The lowest BCUT2D eigenvalue weighted by Crippen LogP contribution is -2.35. The summed E-state index contributed by atoms with van der Waals surface area (Å²) in [6, 6.07) is 10.2. The van der Waals surface area contributed by atoms with Gasteiger partial charge in [-0.1, -0.05) is 12.5 Å². The summed E-state index contributed by atoms with van der Waals surface area (Å²) in [5.41, 5.74) is 0.542. The quantitative estimate of drug-likeness (QED) is 0.215. The number of carbonyl (C=O) groups excluding carboxylic acids is 1. The number of piperidine rings is 1. The number of non-ortho nitro benzene ring substituents is 1. The van der Waals surface area contributed by atoms with Crippen molar-refractivity contribution in [2.45, 2.75) is 43.9 Å². The average Bonchev–Trinajstić information content (AvgIpc) is 2.89. The van der Waals surface area contributed by atoms with Crippen LogP contribution in [-0.4, -0.2) is 71.0 Å². The molecule has 1 heterocycles. The third-order valence-corrected chi connectivity index (χ3v) is 9.40. The van der Waals surface area contributed by atoms with Crippen LogP contribution in [0.3, 0.4) is 0 Å². The van der Waals surface area contributed by atoms with Gasteiger partial charge in [0.15, 0.2) is 0 Å². The number of ether oxygens (including phenoxy) is 1. The summed E-state index contributed by atoms with van der Waals surface area (Å²) in [5.74, 6) is 0.170. The smallest absolute Gasteiger partial charge is 0.271 e. The average molecular weight is 583 g/mol. The van der Waals surface area contributed by atoms with Crippen molar-refractivity contribution in [1.29, 1.82) is 0 Å². The summed E-state index contributed by atoms with van der Waals surface area (Å²) in [4.78, 5) is 23.0. The van der Waals surface area contributed by atoms with Crippen LogP contribution in [0.2, 0.25) is 0 Å². The molecule has 12 nitrogen and oxygen atoms in total. The van der Waals surface area contributed by atoms with Crippen molar-refractivity contribution in [3.05, 3.63) is 58.1 Å². The molecule has 1 saturated heterocycles. The first-order valence-corrected chi connectivity index (χ1v) is 15.9. The van der Waals surface area contributed by atoms with Crippen molar-refractivity contribution in [3.63, 3.8) is 0 Å². The molecule has 0 spiro atoms. The highest BCUT2D eigenvalue weighted by atomic mass is 32.2. The Hall–Kier alpha value is -3.23. The molecule has 0 atom stereocenters. The SMILES string of the molecule is Cc1ccc([N+](=O)[O-])cc1N(CCCC(=O)NCCOc1ccc(S(=O)(=O)N2CCCCC2)cc1)S(C)(=O)=O. The first kappa shape index (κ1) is 30.3. The molecule has 1 amide bonds. The number of benzene rings is 2. The zero-order valence-electron chi connectivity index (χ0n) is 22.0. The van der Waals surface area contributed by atoms with Crippen LogP contribution >= 0.6 is 0 Å². The highest BCUT2D eigenvalue weighted by molar-refractivity contribution is 7.92. The standard InChI is InChI=1S/C25H34N4O8S2/c1-20-8-9-21(29(31)32)19-24(20)28(38(2,33)34)17-6-7-25(30)26-14-18-37-22-10-12-23(13-11-22)39(35,36)27-15-4-3-5-16-27/h8-13,19H,3-7,14-18H2,1-2H3,(H,26,30). The fourth-order valence-corrected chi connectivity index (χ4v) is 6.77. The molecule has 0 saturated carbocycles. The van der Waals surface area contributed by atoms with Gasteiger partial charge in [0.1, 0.15) is 12.4 Å². The first-order valence-electron chi connectivity index (χ1n) is 12.6. The second kappa shape index (κ2) is 13.2. The van der Waals surface area contributed by atoms with E-state index in [0.29, 0.717) is 24.4 Å². The third kappa shape index (κ3) is 8.38. The van der Waals surface area contributed by atoms with E-state index in [-0.39, 0.29) is 54.7 Å². The van der Waals surface area contributed by atoms with Gasteiger partial charge in [0, 0.05) is 38.2 Å². The Labute approximate surface area is 229 Å². The van der Waals surface area contributed by atoms with E-state index < -0.39 is 25.0 Å². The fourth-order valence-electron chi connectivity index (χ4n) is 4.24. The Bertz CT molecular complexity index is 1370. The minimum atomic E-state index is -3.73. The fraction of sp³-hybridized carbons (Fsp3) is 0.480. The number of sulfonamides is 2. The van der Waals surface area contributed by atoms with Crippen LogP contribution in [0.25, 0.3) is 0 Å². The molecular formula is C25H34N4O8S2. The van der Waals surface area contributed by atoms with Crippen LogP contribution < -0.4 is 14.4 Å². The van der Waals surface area contributed by atoms with Gasteiger partial charge in [0.25, 0.3) is 5.69 Å².